The summed E-state index contributed by atoms with van der Waals surface area (Å²) in [5.74, 6) is -0.136. The van der Waals surface area contributed by atoms with Crippen LogP contribution in [-0.2, 0) is 11.2 Å². The summed E-state index contributed by atoms with van der Waals surface area (Å²) in [5.41, 5.74) is 3.51. The third kappa shape index (κ3) is 2.89. The van der Waals surface area contributed by atoms with E-state index in [1.165, 1.54) is 0 Å². The van der Waals surface area contributed by atoms with Gasteiger partial charge in [-0.2, -0.15) is 0 Å². The van der Waals surface area contributed by atoms with Crippen LogP contribution in [0.4, 0.5) is 5.69 Å². The van der Waals surface area contributed by atoms with Crippen molar-refractivity contribution in [2.24, 2.45) is 0 Å². The molecular weight excluding hydrogens is 302 g/mol. The van der Waals surface area contributed by atoms with Crippen molar-refractivity contribution in [3.05, 3.63) is 63.0 Å². The fourth-order valence-corrected chi connectivity index (χ4v) is 2.49. The van der Waals surface area contributed by atoms with Crippen LogP contribution in [-0.4, -0.2) is 15.9 Å². The van der Waals surface area contributed by atoms with Crippen molar-refractivity contribution in [3.63, 3.8) is 0 Å². The lowest BCUT2D eigenvalue weighted by Crippen LogP contribution is -2.15. The van der Waals surface area contributed by atoms with E-state index >= 15 is 0 Å². The van der Waals surface area contributed by atoms with Crippen LogP contribution in [0.5, 0.6) is 0 Å². The van der Waals surface area contributed by atoms with Gasteiger partial charge >= 0.3 is 5.69 Å². The molecule has 3 aromatic rings. The van der Waals surface area contributed by atoms with Crippen LogP contribution in [0.25, 0.3) is 11.0 Å². The number of rotatable bonds is 3. The first-order valence-corrected chi connectivity index (χ1v) is 7.16. The van der Waals surface area contributed by atoms with E-state index in [1.54, 1.807) is 24.3 Å². The summed E-state index contributed by atoms with van der Waals surface area (Å²) >= 11 is 6.04. The quantitative estimate of drug-likeness (QED) is 0.695. The maximum absolute atomic E-state index is 12.2. The second-order valence-corrected chi connectivity index (χ2v) is 5.50. The van der Waals surface area contributed by atoms with Crippen LogP contribution < -0.4 is 11.0 Å². The van der Waals surface area contributed by atoms with Gasteiger partial charge in [-0.25, -0.2) is 4.79 Å². The molecule has 0 bridgehead atoms. The lowest BCUT2D eigenvalue weighted by atomic mass is 10.1. The predicted molar refractivity (Wildman–Crippen MR) is 87.4 cm³/mol. The van der Waals surface area contributed by atoms with Crippen molar-refractivity contribution in [1.82, 2.24) is 9.97 Å². The number of benzene rings is 2. The number of imidazole rings is 1. The molecule has 0 fully saturated rings. The van der Waals surface area contributed by atoms with Crippen LogP contribution in [0.2, 0.25) is 5.02 Å². The first kappa shape index (κ1) is 14.4. The number of H-pyrrole nitrogens is 2. The van der Waals surface area contributed by atoms with Gasteiger partial charge in [0.05, 0.1) is 17.5 Å². The van der Waals surface area contributed by atoms with Crippen molar-refractivity contribution in [3.8, 4) is 0 Å². The molecule has 0 spiro atoms. The van der Waals surface area contributed by atoms with E-state index in [4.69, 9.17) is 11.6 Å². The summed E-state index contributed by atoms with van der Waals surface area (Å²) in [4.78, 5) is 28.7. The lowest BCUT2D eigenvalue weighted by molar-refractivity contribution is -0.115. The molecule has 22 heavy (non-hydrogen) atoms. The van der Waals surface area contributed by atoms with Crippen LogP contribution in [0.15, 0.2) is 41.2 Å². The molecule has 112 valence electrons. The van der Waals surface area contributed by atoms with Gasteiger partial charge in [-0.05, 0) is 42.3 Å². The Labute approximate surface area is 131 Å². The number of carbonyl (C=O) groups excluding carboxylic acids is 1. The largest absolute Gasteiger partial charge is 0.326 e. The molecule has 0 aliphatic rings. The summed E-state index contributed by atoms with van der Waals surface area (Å²) in [6.07, 6.45) is 0.217. The number of amides is 1. The molecule has 3 rings (SSSR count). The van der Waals surface area contributed by atoms with E-state index in [-0.39, 0.29) is 18.0 Å². The van der Waals surface area contributed by atoms with E-state index in [9.17, 15) is 9.59 Å². The van der Waals surface area contributed by atoms with Crippen LogP contribution in [0, 0.1) is 6.92 Å². The van der Waals surface area contributed by atoms with Crippen LogP contribution >= 0.6 is 11.6 Å². The van der Waals surface area contributed by atoms with Gasteiger partial charge < -0.3 is 15.3 Å². The monoisotopic (exact) mass is 315 g/mol. The molecule has 0 aliphatic carbocycles. The third-order valence-electron chi connectivity index (χ3n) is 3.49. The molecule has 1 amide bonds. The second kappa shape index (κ2) is 5.69. The molecule has 0 aliphatic heterocycles. The minimum atomic E-state index is -0.258. The van der Waals surface area contributed by atoms with E-state index in [2.05, 4.69) is 15.3 Å². The van der Waals surface area contributed by atoms with Gasteiger partial charge in [0.2, 0.25) is 5.91 Å². The fourth-order valence-electron chi connectivity index (χ4n) is 2.31. The fraction of sp³-hybridized carbons (Fsp3) is 0.125. The Morgan fingerprint density at radius 3 is 2.77 bits per heavy atom. The number of halogens is 1. The zero-order chi connectivity index (χ0) is 15.7. The SMILES string of the molecule is Cc1c(Cl)cccc1NC(=O)Cc1ccc2[nH]c(=O)[nH]c2c1. The van der Waals surface area contributed by atoms with Gasteiger partial charge in [0.1, 0.15) is 0 Å². The molecule has 2 aromatic carbocycles. The van der Waals surface area contributed by atoms with Crippen LogP contribution in [0.3, 0.4) is 0 Å². The minimum absolute atomic E-state index is 0.136. The van der Waals surface area contributed by atoms with Gasteiger partial charge in [0.15, 0.2) is 0 Å². The number of anilines is 1. The average molecular weight is 316 g/mol. The molecule has 0 saturated heterocycles. The Kier molecular flexibility index (Phi) is 3.73. The molecule has 5 nitrogen and oxygen atoms in total. The van der Waals surface area contributed by atoms with Crippen LogP contribution in [0.1, 0.15) is 11.1 Å². The zero-order valence-corrected chi connectivity index (χ0v) is 12.6. The smallest absolute Gasteiger partial charge is 0.323 e. The van der Waals surface area contributed by atoms with E-state index in [0.717, 1.165) is 16.6 Å². The minimum Gasteiger partial charge on any atom is -0.326 e. The molecule has 0 atom stereocenters. The van der Waals surface area contributed by atoms with E-state index in [1.807, 2.05) is 19.1 Å². The number of hydrogen-bond acceptors (Lipinski definition) is 2. The highest BCUT2D eigenvalue weighted by atomic mass is 35.5. The van der Waals surface area contributed by atoms with Gasteiger partial charge in [-0.1, -0.05) is 23.7 Å². The summed E-state index contributed by atoms with van der Waals surface area (Å²) < 4.78 is 0. The van der Waals surface area contributed by atoms with E-state index in [0.29, 0.717) is 16.2 Å². The molecule has 0 unspecified atom stereocenters. The Morgan fingerprint density at radius 2 is 1.95 bits per heavy atom. The molecule has 1 heterocycles. The van der Waals surface area contributed by atoms with Crippen molar-refractivity contribution < 1.29 is 4.79 Å². The van der Waals surface area contributed by atoms with Gasteiger partial charge in [0.25, 0.3) is 0 Å². The third-order valence-corrected chi connectivity index (χ3v) is 3.90. The summed E-state index contributed by atoms with van der Waals surface area (Å²) in [6, 6.07) is 10.8. The second-order valence-electron chi connectivity index (χ2n) is 5.10. The maximum atomic E-state index is 12.2. The number of hydrogen-bond donors (Lipinski definition) is 3. The number of aromatic nitrogens is 2. The molecule has 0 radical (unpaired) electrons. The molecule has 1 aromatic heterocycles. The Balaban J connectivity index is 1.77. The summed E-state index contributed by atoms with van der Waals surface area (Å²) in [7, 11) is 0. The Bertz CT molecular complexity index is 911. The maximum Gasteiger partial charge on any atom is 0.323 e. The Hall–Kier alpha value is -2.53. The predicted octanol–water partition coefficient (Wildman–Crippen LogP) is 3.00. The van der Waals surface area contributed by atoms with Gasteiger partial charge in [-0.3, -0.25) is 4.79 Å². The number of carbonyl (C=O) groups is 1. The van der Waals surface area contributed by atoms with E-state index < -0.39 is 0 Å². The lowest BCUT2D eigenvalue weighted by Gasteiger charge is -2.09. The summed E-state index contributed by atoms with van der Waals surface area (Å²) in [6.45, 7) is 1.86. The normalized spacial score (nSPS) is 10.8. The highest BCUT2D eigenvalue weighted by molar-refractivity contribution is 6.31. The van der Waals surface area contributed by atoms with Crippen molar-refractivity contribution >= 4 is 34.2 Å². The molecule has 3 N–H and O–H groups in total. The number of fused-ring (bicyclic) bond motifs is 1. The standard InChI is InChI=1S/C16H14ClN3O2/c1-9-11(17)3-2-4-12(9)18-15(21)8-10-5-6-13-14(7-10)20-16(22)19-13/h2-7H,8H2,1H3,(H,18,21)(H2,19,20,22). The highest BCUT2D eigenvalue weighted by Crippen LogP contribution is 2.23. The van der Waals surface area contributed by atoms with Crippen molar-refractivity contribution in [1.29, 1.82) is 0 Å². The summed E-state index contributed by atoms with van der Waals surface area (Å²) in [5, 5.41) is 3.46. The first-order chi connectivity index (χ1) is 10.5. The number of aromatic amines is 2. The zero-order valence-electron chi connectivity index (χ0n) is 11.9. The molecule has 0 saturated carbocycles. The molecular formula is C16H14ClN3O2. The Morgan fingerprint density at radius 1 is 1.18 bits per heavy atom. The van der Waals surface area contributed by atoms with Crippen molar-refractivity contribution in [2.75, 3.05) is 5.32 Å². The highest BCUT2D eigenvalue weighted by Gasteiger charge is 2.08. The average Bonchev–Trinajstić information content (AvgIpc) is 2.83. The van der Waals surface area contributed by atoms with Crippen molar-refractivity contribution in [2.45, 2.75) is 13.3 Å². The van der Waals surface area contributed by atoms with Gasteiger partial charge in [0, 0.05) is 10.7 Å². The molecule has 6 heteroatoms. The first-order valence-electron chi connectivity index (χ1n) is 6.79. The number of nitrogens with one attached hydrogen (secondary N) is 3. The topological polar surface area (TPSA) is 77.8 Å². The van der Waals surface area contributed by atoms with Gasteiger partial charge in [-0.15, -0.1) is 0 Å².